The first-order valence-electron chi connectivity index (χ1n) is 12.4. The van der Waals surface area contributed by atoms with Crippen molar-refractivity contribution < 1.29 is 24.5 Å². The molecule has 5 N–H and O–H groups in total. The van der Waals surface area contributed by atoms with Crippen LogP contribution in [0.1, 0.15) is 30.9 Å². The van der Waals surface area contributed by atoms with Crippen molar-refractivity contribution in [2.24, 2.45) is 11.1 Å². The Morgan fingerprint density at radius 3 is 2.57 bits per heavy atom. The molecule has 3 rings (SSSR count). The number of phenols is 1. The minimum absolute atomic E-state index is 0.0587. The molecule has 1 amide bonds. The molecule has 1 aliphatic heterocycles. The van der Waals surface area contributed by atoms with Gasteiger partial charge in [-0.25, -0.2) is 0 Å². The maximum atomic E-state index is 12.1. The number of nitroso groups, excluding NO2 is 1. The van der Waals surface area contributed by atoms with Crippen molar-refractivity contribution in [3.05, 3.63) is 52.4 Å². The number of rotatable bonds is 13. The summed E-state index contributed by atoms with van der Waals surface area (Å²) in [6, 6.07) is 9.55. The lowest BCUT2D eigenvalue weighted by Gasteiger charge is -2.24. The van der Waals surface area contributed by atoms with Crippen molar-refractivity contribution in [2.75, 3.05) is 51.1 Å². The van der Waals surface area contributed by atoms with E-state index in [0.717, 1.165) is 25.9 Å². The van der Waals surface area contributed by atoms with Gasteiger partial charge in [-0.05, 0) is 73.4 Å². The number of amides is 1. The Hall–Kier alpha value is -3.54. The Balaban J connectivity index is 1.45. The molecular formula is C26H35N5O6. The summed E-state index contributed by atoms with van der Waals surface area (Å²) in [5, 5.41) is 37.6. The molecule has 1 aliphatic rings. The number of nitrogens with one attached hydrogen (secondary N) is 3. The third-order valence-electron chi connectivity index (χ3n) is 6.24. The van der Waals surface area contributed by atoms with Crippen LogP contribution in [0.5, 0.6) is 11.5 Å². The first-order valence-corrected chi connectivity index (χ1v) is 12.4. The molecule has 1 fully saturated rings. The van der Waals surface area contributed by atoms with Crippen LogP contribution in [0, 0.1) is 16.2 Å². The van der Waals surface area contributed by atoms with Gasteiger partial charge in [-0.3, -0.25) is 10.2 Å². The number of aliphatic hydroxyl groups excluding tert-OH is 1. The van der Waals surface area contributed by atoms with Gasteiger partial charge in [0.15, 0.2) is 0 Å². The predicted molar refractivity (Wildman–Crippen MR) is 141 cm³/mol. The zero-order valence-corrected chi connectivity index (χ0v) is 21.0. The van der Waals surface area contributed by atoms with E-state index in [9.17, 15) is 19.9 Å². The molecule has 0 aromatic heterocycles. The first-order chi connectivity index (χ1) is 18.0. The normalized spacial score (nSPS) is 13.7. The van der Waals surface area contributed by atoms with Gasteiger partial charge in [-0.15, -0.1) is 4.91 Å². The van der Waals surface area contributed by atoms with Gasteiger partial charge in [0.25, 0.3) is 0 Å². The molecule has 1 saturated heterocycles. The van der Waals surface area contributed by atoms with Gasteiger partial charge in [-0.1, -0.05) is 6.92 Å². The van der Waals surface area contributed by atoms with Gasteiger partial charge < -0.3 is 35.2 Å². The molecule has 0 aliphatic carbocycles. The number of phenolic OH excluding ortho intramolecular Hbond substituents is 1. The third kappa shape index (κ3) is 7.72. The van der Waals surface area contributed by atoms with E-state index in [1.165, 1.54) is 17.0 Å². The molecule has 0 bridgehead atoms. The van der Waals surface area contributed by atoms with Crippen LogP contribution >= 0.6 is 0 Å². The fourth-order valence-electron chi connectivity index (χ4n) is 4.11. The number of hydrogen-bond donors (Lipinski definition) is 5. The summed E-state index contributed by atoms with van der Waals surface area (Å²) in [5.41, 5.74) is 1.22. The van der Waals surface area contributed by atoms with Crippen LogP contribution < -0.4 is 20.3 Å². The summed E-state index contributed by atoms with van der Waals surface area (Å²) in [4.78, 5) is 24.7. The Labute approximate surface area is 216 Å². The van der Waals surface area contributed by atoms with E-state index >= 15 is 0 Å². The molecular weight excluding hydrogens is 478 g/mol. The third-order valence-corrected chi connectivity index (χ3v) is 6.24. The molecule has 2 aromatic carbocycles. The molecule has 0 spiro atoms. The minimum Gasteiger partial charge on any atom is -0.508 e. The molecule has 0 saturated carbocycles. The SMILES string of the molecule is CCc1cc(C(=N)N(CO)c2ccc(OCCOCCNC(=O)C3CCNCC3)cc2)c(N=O)cc1O. The smallest absolute Gasteiger partial charge is 0.223 e. The van der Waals surface area contributed by atoms with Crippen LogP contribution in [-0.2, 0) is 16.0 Å². The number of hydrogen-bond acceptors (Lipinski definition) is 9. The minimum atomic E-state index is -0.498. The average molecular weight is 514 g/mol. The summed E-state index contributed by atoms with van der Waals surface area (Å²) >= 11 is 0. The van der Waals surface area contributed by atoms with E-state index in [2.05, 4.69) is 15.8 Å². The zero-order valence-electron chi connectivity index (χ0n) is 21.0. The highest BCUT2D eigenvalue weighted by atomic mass is 16.5. The van der Waals surface area contributed by atoms with Crippen molar-refractivity contribution in [3.8, 4) is 11.5 Å². The second-order valence-corrected chi connectivity index (χ2v) is 8.63. The zero-order chi connectivity index (χ0) is 26.6. The van der Waals surface area contributed by atoms with Crippen LogP contribution in [-0.4, -0.2) is 68.1 Å². The van der Waals surface area contributed by atoms with Gasteiger partial charge in [0.05, 0.1) is 13.2 Å². The van der Waals surface area contributed by atoms with Gasteiger partial charge in [0.1, 0.15) is 36.4 Å². The van der Waals surface area contributed by atoms with E-state index in [1.54, 1.807) is 24.3 Å². The fraction of sp³-hybridized carbons (Fsp3) is 0.462. The number of carbonyl (C=O) groups is 1. The highest BCUT2D eigenvalue weighted by Gasteiger charge is 2.21. The second-order valence-electron chi connectivity index (χ2n) is 8.63. The number of anilines is 1. The maximum absolute atomic E-state index is 12.1. The van der Waals surface area contributed by atoms with Gasteiger partial charge in [0, 0.05) is 29.8 Å². The van der Waals surface area contributed by atoms with Crippen LogP contribution in [0.15, 0.2) is 41.6 Å². The lowest BCUT2D eigenvalue weighted by Crippen LogP contribution is -2.39. The van der Waals surface area contributed by atoms with Crippen LogP contribution in [0.2, 0.25) is 0 Å². The number of ether oxygens (including phenoxy) is 2. The van der Waals surface area contributed by atoms with Crippen molar-refractivity contribution in [1.82, 2.24) is 10.6 Å². The molecule has 1 heterocycles. The average Bonchev–Trinajstić information content (AvgIpc) is 2.93. The lowest BCUT2D eigenvalue weighted by molar-refractivity contribution is -0.126. The molecule has 200 valence electrons. The largest absolute Gasteiger partial charge is 0.508 e. The lowest BCUT2D eigenvalue weighted by atomic mass is 9.97. The van der Waals surface area contributed by atoms with Gasteiger partial charge >= 0.3 is 0 Å². The van der Waals surface area contributed by atoms with E-state index in [1.807, 2.05) is 6.92 Å². The molecule has 0 unspecified atom stereocenters. The number of amidine groups is 1. The number of piperidine rings is 1. The molecule has 0 radical (unpaired) electrons. The quantitative estimate of drug-likeness (QED) is 0.0900. The van der Waals surface area contributed by atoms with Crippen molar-refractivity contribution in [1.29, 1.82) is 5.41 Å². The van der Waals surface area contributed by atoms with E-state index in [4.69, 9.17) is 14.9 Å². The summed E-state index contributed by atoms with van der Waals surface area (Å²) in [6.45, 7) is 4.65. The monoisotopic (exact) mass is 513 g/mol. The molecule has 0 atom stereocenters. The number of benzene rings is 2. The molecule has 11 heteroatoms. The number of aliphatic hydroxyl groups is 1. The standard InChI is InChI=1S/C26H35N5O6/c1-2-18-15-22(23(30-35)16-24(18)33)25(27)31(17-32)20-3-5-21(6-4-20)37-14-13-36-12-11-29-26(34)19-7-9-28-10-8-19/h3-6,15-16,19,27-28,32-33H,2,7-14,17H2,1H3,(H,29,34). The highest BCUT2D eigenvalue weighted by molar-refractivity contribution is 6.11. The second kappa shape index (κ2) is 14.3. The van der Waals surface area contributed by atoms with Crippen LogP contribution in [0.4, 0.5) is 11.4 Å². The molecule has 11 nitrogen and oxygen atoms in total. The summed E-state index contributed by atoms with van der Waals surface area (Å²) in [7, 11) is 0. The molecule has 37 heavy (non-hydrogen) atoms. The van der Waals surface area contributed by atoms with Crippen molar-refractivity contribution in [3.63, 3.8) is 0 Å². The highest BCUT2D eigenvalue weighted by Crippen LogP contribution is 2.31. The van der Waals surface area contributed by atoms with Crippen molar-refractivity contribution >= 4 is 23.1 Å². The van der Waals surface area contributed by atoms with Gasteiger partial charge in [0.2, 0.25) is 5.91 Å². The van der Waals surface area contributed by atoms with E-state index < -0.39 is 6.73 Å². The number of aromatic hydroxyl groups is 1. The summed E-state index contributed by atoms with van der Waals surface area (Å²) in [5.74, 6) is 0.569. The Morgan fingerprint density at radius 2 is 1.92 bits per heavy atom. The van der Waals surface area contributed by atoms with Crippen molar-refractivity contribution in [2.45, 2.75) is 26.2 Å². The number of carbonyl (C=O) groups excluding carboxylic acids is 1. The maximum Gasteiger partial charge on any atom is 0.223 e. The Morgan fingerprint density at radius 1 is 1.19 bits per heavy atom. The van der Waals surface area contributed by atoms with Crippen LogP contribution in [0.25, 0.3) is 0 Å². The Bertz CT molecular complexity index is 1060. The Kier molecular flexibility index (Phi) is 10.8. The fourth-order valence-corrected chi connectivity index (χ4v) is 4.11. The van der Waals surface area contributed by atoms with E-state index in [0.29, 0.717) is 49.8 Å². The number of nitrogens with zero attached hydrogens (tertiary/aromatic N) is 2. The summed E-state index contributed by atoms with van der Waals surface area (Å²) < 4.78 is 11.2. The summed E-state index contributed by atoms with van der Waals surface area (Å²) in [6.07, 6.45) is 2.24. The predicted octanol–water partition coefficient (Wildman–Crippen LogP) is 2.65. The first kappa shape index (κ1) is 28.0. The van der Waals surface area contributed by atoms with E-state index in [-0.39, 0.29) is 34.7 Å². The van der Waals surface area contributed by atoms with Gasteiger partial charge in [-0.2, -0.15) is 0 Å². The molecule has 2 aromatic rings. The number of aryl methyl sites for hydroxylation is 1. The van der Waals surface area contributed by atoms with Crippen LogP contribution in [0.3, 0.4) is 0 Å². The topological polar surface area (TPSA) is 157 Å².